The predicted molar refractivity (Wildman–Crippen MR) is 80.2 cm³/mol. The molecule has 7 heteroatoms. The molecular formula is C15H13N3O4. The zero-order valence-electron chi connectivity index (χ0n) is 11.8. The fourth-order valence-corrected chi connectivity index (χ4v) is 2.15. The Hall–Kier alpha value is -2.93. The summed E-state index contributed by atoms with van der Waals surface area (Å²) in [6.07, 6.45) is 1.76. The first kappa shape index (κ1) is 14.0. The van der Waals surface area contributed by atoms with Gasteiger partial charge in [-0.3, -0.25) is 10.1 Å². The van der Waals surface area contributed by atoms with Crippen molar-refractivity contribution in [1.82, 2.24) is 9.78 Å². The molecule has 0 spiro atoms. The number of nitrogens with zero attached hydrogens (tertiary/aromatic N) is 3. The minimum absolute atomic E-state index is 0.0299. The number of ether oxygens (including phenoxy) is 2. The van der Waals surface area contributed by atoms with Crippen LogP contribution in [0, 0.1) is 10.1 Å². The highest BCUT2D eigenvalue weighted by Crippen LogP contribution is 2.28. The monoisotopic (exact) mass is 299 g/mol. The van der Waals surface area contributed by atoms with Crippen LogP contribution in [0.4, 0.5) is 5.69 Å². The Morgan fingerprint density at radius 1 is 1.27 bits per heavy atom. The lowest BCUT2D eigenvalue weighted by atomic mass is 10.2. The Labute approximate surface area is 125 Å². The number of nitro groups is 1. The maximum Gasteiger partial charge on any atom is 0.298 e. The van der Waals surface area contributed by atoms with E-state index in [1.807, 2.05) is 24.3 Å². The topological polar surface area (TPSA) is 79.4 Å². The highest BCUT2D eigenvalue weighted by atomic mass is 16.7. The Bertz CT molecular complexity index is 796. The molecule has 0 saturated heterocycles. The van der Waals surface area contributed by atoms with Gasteiger partial charge in [-0.1, -0.05) is 18.2 Å². The number of fused-ring (bicyclic) bond motifs is 1. The number of methoxy groups -OCH3 is 1. The van der Waals surface area contributed by atoms with Crippen molar-refractivity contribution in [2.24, 2.45) is 0 Å². The minimum atomic E-state index is -0.457. The van der Waals surface area contributed by atoms with Gasteiger partial charge < -0.3 is 9.47 Å². The Morgan fingerprint density at radius 3 is 2.82 bits per heavy atom. The van der Waals surface area contributed by atoms with Gasteiger partial charge in [0.25, 0.3) is 5.69 Å². The first-order valence-electron chi connectivity index (χ1n) is 6.54. The van der Waals surface area contributed by atoms with Crippen molar-refractivity contribution in [3.8, 4) is 11.4 Å². The van der Waals surface area contributed by atoms with E-state index in [2.05, 4.69) is 5.10 Å². The van der Waals surface area contributed by atoms with Gasteiger partial charge in [-0.05, 0) is 18.2 Å². The lowest BCUT2D eigenvalue weighted by Crippen LogP contribution is -2.03. The van der Waals surface area contributed by atoms with Gasteiger partial charge >= 0.3 is 0 Å². The van der Waals surface area contributed by atoms with Gasteiger partial charge in [0, 0.05) is 18.7 Å². The van der Waals surface area contributed by atoms with Gasteiger partial charge in [0.15, 0.2) is 6.79 Å². The number of hydrogen-bond donors (Lipinski definition) is 0. The van der Waals surface area contributed by atoms with Crippen LogP contribution in [0.25, 0.3) is 16.6 Å². The van der Waals surface area contributed by atoms with Gasteiger partial charge in [0.05, 0.1) is 16.5 Å². The molecule has 3 rings (SSSR count). The van der Waals surface area contributed by atoms with Gasteiger partial charge in [0.1, 0.15) is 11.4 Å². The van der Waals surface area contributed by atoms with Crippen LogP contribution in [0.2, 0.25) is 0 Å². The molecule has 3 aromatic rings. The van der Waals surface area contributed by atoms with Crippen LogP contribution >= 0.6 is 0 Å². The lowest BCUT2D eigenvalue weighted by molar-refractivity contribution is -0.384. The molecule has 0 amide bonds. The standard InChI is InChI=1S/C15H13N3O4/c1-21-10-22-12-6-7-14(15(8-12)18(19)20)17-9-11-4-2-3-5-13(11)16-17/h2-9H,10H2,1H3. The molecule has 0 saturated carbocycles. The molecule has 0 fully saturated rings. The van der Waals surface area contributed by atoms with Gasteiger partial charge in [-0.15, -0.1) is 0 Å². The van der Waals surface area contributed by atoms with Crippen LogP contribution < -0.4 is 4.74 Å². The molecule has 0 aliphatic rings. The molecule has 0 radical (unpaired) electrons. The quantitative estimate of drug-likeness (QED) is 0.411. The van der Waals surface area contributed by atoms with Crippen molar-refractivity contribution in [1.29, 1.82) is 0 Å². The summed E-state index contributed by atoms with van der Waals surface area (Å²) in [5.41, 5.74) is 1.07. The van der Waals surface area contributed by atoms with Crippen molar-refractivity contribution < 1.29 is 14.4 Å². The van der Waals surface area contributed by atoms with E-state index in [0.717, 1.165) is 10.9 Å². The summed E-state index contributed by atoms with van der Waals surface area (Å²) >= 11 is 0. The minimum Gasteiger partial charge on any atom is -0.467 e. The molecule has 0 unspecified atom stereocenters. The summed E-state index contributed by atoms with van der Waals surface area (Å²) in [7, 11) is 1.48. The van der Waals surface area contributed by atoms with Crippen molar-refractivity contribution in [3.05, 3.63) is 58.8 Å². The molecule has 0 bridgehead atoms. The van der Waals surface area contributed by atoms with Crippen molar-refractivity contribution in [2.75, 3.05) is 13.9 Å². The number of hydrogen-bond acceptors (Lipinski definition) is 5. The van der Waals surface area contributed by atoms with Crippen LogP contribution in [0.1, 0.15) is 0 Å². The van der Waals surface area contributed by atoms with E-state index in [0.29, 0.717) is 11.4 Å². The van der Waals surface area contributed by atoms with E-state index in [1.165, 1.54) is 17.9 Å². The third kappa shape index (κ3) is 2.61. The summed E-state index contributed by atoms with van der Waals surface area (Å²) in [5.74, 6) is 0.369. The maximum absolute atomic E-state index is 11.3. The number of nitro benzene ring substituents is 1. The van der Waals surface area contributed by atoms with E-state index in [9.17, 15) is 10.1 Å². The Kier molecular flexibility index (Phi) is 3.71. The van der Waals surface area contributed by atoms with Crippen LogP contribution in [0.5, 0.6) is 5.75 Å². The number of rotatable bonds is 5. The second-order valence-electron chi connectivity index (χ2n) is 4.59. The van der Waals surface area contributed by atoms with Crippen LogP contribution in [-0.4, -0.2) is 28.6 Å². The van der Waals surface area contributed by atoms with E-state index >= 15 is 0 Å². The largest absolute Gasteiger partial charge is 0.467 e. The average molecular weight is 299 g/mol. The average Bonchev–Trinajstić information content (AvgIpc) is 2.96. The lowest BCUT2D eigenvalue weighted by Gasteiger charge is -2.07. The number of benzene rings is 2. The van der Waals surface area contributed by atoms with Crippen LogP contribution in [0.3, 0.4) is 0 Å². The predicted octanol–water partition coefficient (Wildman–Crippen LogP) is 2.92. The van der Waals surface area contributed by atoms with E-state index in [1.54, 1.807) is 18.3 Å². The summed E-state index contributed by atoms with van der Waals surface area (Å²) < 4.78 is 11.5. The molecule has 112 valence electrons. The highest BCUT2D eigenvalue weighted by Gasteiger charge is 2.18. The molecule has 1 aromatic heterocycles. The summed E-state index contributed by atoms with van der Waals surface area (Å²) in [4.78, 5) is 10.9. The molecule has 0 N–H and O–H groups in total. The zero-order chi connectivity index (χ0) is 15.5. The molecule has 22 heavy (non-hydrogen) atoms. The summed E-state index contributed by atoms with van der Waals surface area (Å²) in [5, 5.41) is 16.6. The van der Waals surface area contributed by atoms with Crippen molar-refractivity contribution >= 4 is 16.6 Å². The summed E-state index contributed by atoms with van der Waals surface area (Å²) in [6, 6.07) is 12.1. The maximum atomic E-state index is 11.3. The molecular weight excluding hydrogens is 286 g/mol. The number of aromatic nitrogens is 2. The van der Waals surface area contributed by atoms with Crippen molar-refractivity contribution in [3.63, 3.8) is 0 Å². The fraction of sp³-hybridized carbons (Fsp3) is 0.133. The van der Waals surface area contributed by atoms with Crippen LogP contribution in [-0.2, 0) is 4.74 Å². The zero-order valence-corrected chi connectivity index (χ0v) is 11.8. The Balaban J connectivity index is 2.07. The first-order valence-corrected chi connectivity index (χ1v) is 6.54. The SMILES string of the molecule is COCOc1ccc(-n2cc3ccccc3n2)c([N+](=O)[O-])c1. The molecule has 0 aliphatic carbocycles. The molecule has 0 atom stereocenters. The third-order valence-electron chi connectivity index (χ3n) is 3.15. The smallest absolute Gasteiger partial charge is 0.298 e. The highest BCUT2D eigenvalue weighted by molar-refractivity contribution is 5.78. The van der Waals surface area contributed by atoms with E-state index < -0.39 is 4.92 Å². The normalized spacial score (nSPS) is 10.8. The molecule has 1 heterocycles. The van der Waals surface area contributed by atoms with Gasteiger partial charge in [-0.25, -0.2) is 4.68 Å². The van der Waals surface area contributed by atoms with E-state index in [-0.39, 0.29) is 12.5 Å². The second-order valence-corrected chi connectivity index (χ2v) is 4.59. The van der Waals surface area contributed by atoms with Crippen LogP contribution in [0.15, 0.2) is 48.7 Å². The first-order chi connectivity index (χ1) is 10.7. The van der Waals surface area contributed by atoms with E-state index in [4.69, 9.17) is 9.47 Å². The molecule has 0 aliphatic heterocycles. The third-order valence-corrected chi connectivity index (χ3v) is 3.15. The van der Waals surface area contributed by atoms with Gasteiger partial charge in [-0.2, -0.15) is 5.10 Å². The molecule has 2 aromatic carbocycles. The summed E-state index contributed by atoms with van der Waals surface area (Å²) in [6.45, 7) is 0.0299. The van der Waals surface area contributed by atoms with Gasteiger partial charge in [0.2, 0.25) is 0 Å². The van der Waals surface area contributed by atoms with Crippen molar-refractivity contribution in [2.45, 2.75) is 0 Å². The molecule has 7 nitrogen and oxygen atoms in total. The fourth-order valence-electron chi connectivity index (χ4n) is 2.15. The Morgan fingerprint density at radius 2 is 2.09 bits per heavy atom. The second kappa shape index (κ2) is 5.82.